The summed E-state index contributed by atoms with van der Waals surface area (Å²) < 4.78 is 13.5. The first-order valence-corrected chi connectivity index (χ1v) is 6.50. The van der Waals surface area contributed by atoms with Gasteiger partial charge in [-0.25, -0.2) is 4.39 Å². The monoisotopic (exact) mass is 269 g/mol. The number of hydrogen-bond donors (Lipinski definition) is 1. The third kappa shape index (κ3) is 2.99. The van der Waals surface area contributed by atoms with Crippen LogP contribution >= 0.6 is 22.9 Å². The van der Waals surface area contributed by atoms with Crippen LogP contribution in [0, 0.1) is 19.7 Å². The van der Waals surface area contributed by atoms with Crippen molar-refractivity contribution < 1.29 is 4.39 Å². The minimum absolute atomic E-state index is 0.279. The summed E-state index contributed by atoms with van der Waals surface area (Å²) >= 11 is 7.58. The Kier molecular flexibility index (Phi) is 3.69. The zero-order chi connectivity index (χ0) is 12.4. The molecule has 0 atom stereocenters. The third-order valence-corrected chi connectivity index (χ3v) is 3.78. The molecule has 90 valence electrons. The van der Waals surface area contributed by atoms with Gasteiger partial charge in [-0.15, -0.1) is 11.3 Å². The molecule has 0 spiro atoms. The van der Waals surface area contributed by atoms with Gasteiger partial charge in [0.05, 0.1) is 5.69 Å². The summed E-state index contributed by atoms with van der Waals surface area (Å²) in [7, 11) is 0. The van der Waals surface area contributed by atoms with E-state index in [1.807, 2.05) is 0 Å². The van der Waals surface area contributed by atoms with Crippen LogP contribution in [0.3, 0.4) is 0 Å². The fraction of sp³-hybridized carbons (Fsp3) is 0.231. The fourth-order valence-electron chi connectivity index (χ4n) is 1.68. The molecular formula is C13H13ClFNS. The van der Waals surface area contributed by atoms with Gasteiger partial charge >= 0.3 is 0 Å². The number of hydrogen-bond acceptors (Lipinski definition) is 2. The lowest BCUT2D eigenvalue weighted by atomic mass is 10.2. The SMILES string of the molecule is Cc1cc(CNc2cc(Cl)ccc2F)c(C)s1. The molecule has 1 nitrogen and oxygen atoms in total. The normalized spacial score (nSPS) is 10.6. The van der Waals surface area contributed by atoms with Crippen molar-refractivity contribution in [1.82, 2.24) is 0 Å². The highest BCUT2D eigenvalue weighted by Crippen LogP contribution is 2.24. The summed E-state index contributed by atoms with van der Waals surface area (Å²) in [5.74, 6) is -0.279. The van der Waals surface area contributed by atoms with Crippen LogP contribution in [0.4, 0.5) is 10.1 Å². The highest BCUT2D eigenvalue weighted by Gasteiger charge is 2.05. The smallest absolute Gasteiger partial charge is 0.146 e. The van der Waals surface area contributed by atoms with E-state index in [0.29, 0.717) is 17.3 Å². The summed E-state index contributed by atoms with van der Waals surface area (Å²) in [6, 6.07) is 6.64. The van der Waals surface area contributed by atoms with Crippen LogP contribution in [-0.4, -0.2) is 0 Å². The second kappa shape index (κ2) is 5.07. The number of thiophene rings is 1. The summed E-state index contributed by atoms with van der Waals surface area (Å²) in [6.45, 7) is 4.76. The van der Waals surface area contributed by atoms with Gasteiger partial charge in [-0.05, 0) is 43.7 Å². The van der Waals surface area contributed by atoms with Crippen LogP contribution in [0.2, 0.25) is 5.02 Å². The quantitative estimate of drug-likeness (QED) is 0.846. The highest BCUT2D eigenvalue weighted by atomic mass is 35.5. The average molecular weight is 270 g/mol. The number of nitrogens with one attached hydrogen (secondary N) is 1. The van der Waals surface area contributed by atoms with E-state index in [4.69, 9.17) is 11.6 Å². The Morgan fingerprint density at radius 3 is 2.71 bits per heavy atom. The zero-order valence-corrected chi connectivity index (χ0v) is 11.3. The van der Waals surface area contributed by atoms with Crippen LogP contribution in [0.5, 0.6) is 0 Å². The number of rotatable bonds is 3. The summed E-state index contributed by atoms with van der Waals surface area (Å²) in [6.07, 6.45) is 0. The van der Waals surface area contributed by atoms with Gasteiger partial charge < -0.3 is 5.32 Å². The molecule has 0 aliphatic rings. The first-order chi connectivity index (χ1) is 8.06. The molecule has 17 heavy (non-hydrogen) atoms. The van der Waals surface area contributed by atoms with Gasteiger partial charge in [0.2, 0.25) is 0 Å². The molecular weight excluding hydrogens is 257 g/mol. The molecule has 2 rings (SSSR count). The third-order valence-electron chi connectivity index (χ3n) is 2.54. The second-order valence-electron chi connectivity index (χ2n) is 3.92. The Bertz CT molecular complexity index is 536. The van der Waals surface area contributed by atoms with Crippen LogP contribution in [0.25, 0.3) is 0 Å². The van der Waals surface area contributed by atoms with Crippen LogP contribution in [-0.2, 0) is 6.54 Å². The minimum Gasteiger partial charge on any atom is -0.379 e. The van der Waals surface area contributed by atoms with Gasteiger partial charge in [0.25, 0.3) is 0 Å². The molecule has 2 aromatic rings. The van der Waals surface area contributed by atoms with Gasteiger partial charge in [-0.1, -0.05) is 11.6 Å². The molecule has 0 amide bonds. The van der Waals surface area contributed by atoms with E-state index in [1.165, 1.54) is 21.4 Å². The second-order valence-corrected chi connectivity index (χ2v) is 5.81. The van der Waals surface area contributed by atoms with Gasteiger partial charge in [-0.3, -0.25) is 0 Å². The lowest BCUT2D eigenvalue weighted by Gasteiger charge is -2.07. The van der Waals surface area contributed by atoms with Crippen molar-refractivity contribution in [2.45, 2.75) is 20.4 Å². The highest BCUT2D eigenvalue weighted by molar-refractivity contribution is 7.12. The van der Waals surface area contributed by atoms with E-state index in [-0.39, 0.29) is 5.82 Å². The standard InChI is InChI=1S/C13H13ClFNS/c1-8-5-10(9(2)17-8)7-16-13-6-11(14)3-4-12(13)15/h3-6,16H,7H2,1-2H3. The van der Waals surface area contributed by atoms with Crippen LogP contribution in [0.1, 0.15) is 15.3 Å². The minimum atomic E-state index is -0.279. The summed E-state index contributed by atoms with van der Waals surface area (Å²) in [4.78, 5) is 2.53. The lowest BCUT2D eigenvalue weighted by molar-refractivity contribution is 0.630. The van der Waals surface area contributed by atoms with Crippen molar-refractivity contribution in [3.05, 3.63) is 50.4 Å². The Hall–Kier alpha value is -1.06. The van der Waals surface area contributed by atoms with Crippen molar-refractivity contribution in [1.29, 1.82) is 0 Å². The molecule has 0 aliphatic heterocycles. The Labute approximate surface area is 109 Å². The molecule has 1 aromatic heterocycles. The molecule has 1 aromatic carbocycles. The van der Waals surface area contributed by atoms with E-state index in [1.54, 1.807) is 23.5 Å². The first kappa shape index (κ1) is 12.4. The van der Waals surface area contributed by atoms with E-state index in [0.717, 1.165) is 0 Å². The first-order valence-electron chi connectivity index (χ1n) is 5.31. The Balaban J connectivity index is 2.12. The van der Waals surface area contributed by atoms with Gasteiger partial charge in [0.15, 0.2) is 0 Å². The van der Waals surface area contributed by atoms with Crippen molar-refractivity contribution in [2.24, 2.45) is 0 Å². The molecule has 0 radical (unpaired) electrons. The van der Waals surface area contributed by atoms with Crippen molar-refractivity contribution in [2.75, 3.05) is 5.32 Å². The number of aryl methyl sites for hydroxylation is 2. The molecule has 0 saturated heterocycles. The summed E-state index contributed by atoms with van der Waals surface area (Å²) in [5, 5.41) is 3.61. The molecule has 0 bridgehead atoms. The molecule has 0 fully saturated rings. The van der Waals surface area contributed by atoms with E-state index >= 15 is 0 Å². The largest absolute Gasteiger partial charge is 0.379 e. The van der Waals surface area contributed by atoms with Crippen molar-refractivity contribution in [3.63, 3.8) is 0 Å². The van der Waals surface area contributed by atoms with Crippen LogP contribution < -0.4 is 5.32 Å². The number of benzene rings is 1. The van der Waals surface area contributed by atoms with Crippen LogP contribution in [0.15, 0.2) is 24.3 Å². The van der Waals surface area contributed by atoms with Crippen molar-refractivity contribution >= 4 is 28.6 Å². The topological polar surface area (TPSA) is 12.0 Å². The maximum atomic E-state index is 13.5. The predicted molar refractivity (Wildman–Crippen MR) is 72.5 cm³/mol. The van der Waals surface area contributed by atoms with Gasteiger partial charge in [0.1, 0.15) is 5.82 Å². The maximum Gasteiger partial charge on any atom is 0.146 e. The summed E-state index contributed by atoms with van der Waals surface area (Å²) in [5.41, 5.74) is 1.65. The molecule has 0 unspecified atom stereocenters. The Morgan fingerprint density at radius 1 is 1.29 bits per heavy atom. The molecule has 0 aliphatic carbocycles. The van der Waals surface area contributed by atoms with E-state index in [9.17, 15) is 4.39 Å². The molecule has 1 N–H and O–H groups in total. The predicted octanol–water partition coefficient (Wildman–Crippen LogP) is 4.77. The average Bonchev–Trinajstić information content (AvgIpc) is 2.59. The molecule has 0 saturated carbocycles. The van der Waals surface area contributed by atoms with Gasteiger partial charge in [0, 0.05) is 21.3 Å². The lowest BCUT2D eigenvalue weighted by Crippen LogP contribution is -2.01. The Morgan fingerprint density at radius 2 is 2.06 bits per heavy atom. The number of halogens is 2. The fourth-order valence-corrected chi connectivity index (χ4v) is 2.80. The number of anilines is 1. The molecule has 1 heterocycles. The van der Waals surface area contributed by atoms with E-state index < -0.39 is 0 Å². The van der Waals surface area contributed by atoms with Crippen molar-refractivity contribution in [3.8, 4) is 0 Å². The molecule has 4 heteroatoms. The van der Waals surface area contributed by atoms with E-state index in [2.05, 4.69) is 25.2 Å². The van der Waals surface area contributed by atoms with Gasteiger partial charge in [-0.2, -0.15) is 0 Å². The maximum absolute atomic E-state index is 13.5. The zero-order valence-electron chi connectivity index (χ0n) is 9.68.